The zero-order valence-corrected chi connectivity index (χ0v) is 15.4. The van der Waals surface area contributed by atoms with Crippen molar-refractivity contribution in [2.45, 2.75) is 52.6 Å². The first-order valence-electron chi connectivity index (χ1n) is 7.63. The van der Waals surface area contributed by atoms with Crippen LogP contribution in [0.15, 0.2) is 22.0 Å². The van der Waals surface area contributed by atoms with Crippen molar-refractivity contribution in [3.05, 3.63) is 38.3 Å². The highest BCUT2D eigenvalue weighted by Gasteiger charge is 2.18. The van der Waals surface area contributed by atoms with E-state index in [1.54, 1.807) is 0 Å². The van der Waals surface area contributed by atoms with Crippen LogP contribution < -0.4 is 5.32 Å². The van der Waals surface area contributed by atoms with Crippen molar-refractivity contribution in [2.24, 2.45) is 0 Å². The summed E-state index contributed by atoms with van der Waals surface area (Å²) in [5.41, 5.74) is 2.39. The highest BCUT2D eigenvalue weighted by molar-refractivity contribution is 9.10. The van der Waals surface area contributed by atoms with E-state index in [4.69, 9.17) is 0 Å². The molecule has 0 radical (unpaired) electrons. The lowest BCUT2D eigenvalue weighted by atomic mass is 10.1. The zero-order valence-electron chi connectivity index (χ0n) is 13.0. The Morgan fingerprint density at radius 3 is 2.81 bits per heavy atom. The van der Waals surface area contributed by atoms with E-state index in [0.717, 1.165) is 38.0 Å². The third-order valence-electron chi connectivity index (χ3n) is 3.60. The molecular weight excluding hydrogens is 346 g/mol. The van der Waals surface area contributed by atoms with Gasteiger partial charge in [-0.2, -0.15) is 5.10 Å². The summed E-state index contributed by atoms with van der Waals surface area (Å²) in [7, 11) is 0. The first kappa shape index (κ1) is 16.7. The third kappa shape index (κ3) is 4.41. The predicted molar refractivity (Wildman–Crippen MR) is 94.1 cm³/mol. The summed E-state index contributed by atoms with van der Waals surface area (Å²) in [4.78, 5) is 1.44. The second kappa shape index (κ2) is 8.11. The van der Waals surface area contributed by atoms with E-state index in [0.29, 0.717) is 6.04 Å². The molecule has 5 heteroatoms. The van der Waals surface area contributed by atoms with Crippen LogP contribution in [-0.2, 0) is 19.4 Å². The molecule has 2 aromatic rings. The van der Waals surface area contributed by atoms with Gasteiger partial charge in [-0.05, 0) is 60.6 Å². The number of nitrogens with one attached hydrogen (secondary N) is 1. The van der Waals surface area contributed by atoms with Crippen molar-refractivity contribution in [2.75, 3.05) is 6.54 Å². The summed E-state index contributed by atoms with van der Waals surface area (Å²) >= 11 is 5.55. The first-order chi connectivity index (χ1) is 10.2. The van der Waals surface area contributed by atoms with E-state index in [9.17, 15) is 0 Å². The van der Waals surface area contributed by atoms with E-state index in [1.807, 2.05) is 11.3 Å². The monoisotopic (exact) mass is 369 g/mol. The summed E-state index contributed by atoms with van der Waals surface area (Å²) in [6.45, 7) is 8.41. The number of halogens is 1. The number of thiophene rings is 1. The van der Waals surface area contributed by atoms with Crippen molar-refractivity contribution in [3.63, 3.8) is 0 Å². The van der Waals surface area contributed by atoms with Gasteiger partial charge in [0.2, 0.25) is 0 Å². The van der Waals surface area contributed by atoms with Crippen molar-refractivity contribution in [1.82, 2.24) is 15.1 Å². The van der Waals surface area contributed by atoms with Gasteiger partial charge in [0.1, 0.15) is 0 Å². The van der Waals surface area contributed by atoms with Crippen LogP contribution in [0.1, 0.15) is 36.5 Å². The molecule has 2 aromatic heterocycles. The molecule has 2 rings (SSSR count). The second-order valence-electron chi connectivity index (χ2n) is 5.30. The highest BCUT2D eigenvalue weighted by Crippen LogP contribution is 2.23. The van der Waals surface area contributed by atoms with Gasteiger partial charge in [-0.15, -0.1) is 11.3 Å². The minimum absolute atomic E-state index is 0.460. The molecule has 21 heavy (non-hydrogen) atoms. The van der Waals surface area contributed by atoms with Crippen molar-refractivity contribution in [1.29, 1.82) is 0 Å². The minimum atomic E-state index is 0.460. The molecule has 2 heterocycles. The van der Waals surface area contributed by atoms with Crippen molar-refractivity contribution < 1.29 is 0 Å². The lowest BCUT2D eigenvalue weighted by molar-refractivity contribution is 0.485. The van der Waals surface area contributed by atoms with Gasteiger partial charge in [0.05, 0.1) is 15.9 Å². The SMILES string of the molecule is CCCNC(Cc1cccs1)Cc1c(Br)c(C)nn1CC. The molecule has 0 aliphatic carbocycles. The lowest BCUT2D eigenvalue weighted by Gasteiger charge is -2.19. The average Bonchev–Trinajstić information content (AvgIpc) is 3.08. The Morgan fingerprint density at radius 1 is 1.38 bits per heavy atom. The van der Waals surface area contributed by atoms with Gasteiger partial charge in [-0.1, -0.05) is 13.0 Å². The molecule has 1 unspecified atom stereocenters. The summed E-state index contributed by atoms with van der Waals surface area (Å²) < 4.78 is 3.29. The maximum Gasteiger partial charge on any atom is 0.0738 e. The Hall–Kier alpha value is -0.650. The molecule has 0 saturated heterocycles. The molecule has 0 amide bonds. The molecule has 1 N–H and O–H groups in total. The van der Waals surface area contributed by atoms with Crippen LogP contribution in [0.3, 0.4) is 0 Å². The Morgan fingerprint density at radius 2 is 2.19 bits per heavy atom. The van der Waals surface area contributed by atoms with Crippen LogP contribution in [0, 0.1) is 6.92 Å². The zero-order chi connectivity index (χ0) is 15.2. The van der Waals surface area contributed by atoms with Crippen LogP contribution in [0.2, 0.25) is 0 Å². The summed E-state index contributed by atoms with van der Waals surface area (Å²) in [6.07, 6.45) is 3.25. The molecule has 1 atom stereocenters. The molecule has 0 aliphatic heterocycles. The quantitative estimate of drug-likeness (QED) is 0.755. The van der Waals surface area contributed by atoms with Gasteiger partial charge in [-0.25, -0.2) is 0 Å². The van der Waals surface area contributed by atoms with E-state index >= 15 is 0 Å². The highest BCUT2D eigenvalue weighted by atomic mass is 79.9. The van der Waals surface area contributed by atoms with Crippen LogP contribution >= 0.6 is 27.3 Å². The Bertz CT molecular complexity index is 548. The molecule has 0 spiro atoms. The van der Waals surface area contributed by atoms with Gasteiger partial charge in [0.25, 0.3) is 0 Å². The predicted octanol–water partition coefficient (Wildman–Crippen LogP) is 4.19. The lowest BCUT2D eigenvalue weighted by Crippen LogP contribution is -2.34. The number of aryl methyl sites for hydroxylation is 2. The standard InChI is InChI=1S/C16H24BrN3S/c1-4-8-18-13(10-14-7-6-9-21-14)11-15-16(17)12(3)19-20(15)5-2/h6-7,9,13,18H,4-5,8,10-11H2,1-3H3. The molecule has 0 bridgehead atoms. The summed E-state index contributed by atoms with van der Waals surface area (Å²) in [5, 5.41) is 10.4. The Balaban J connectivity index is 2.14. The van der Waals surface area contributed by atoms with Gasteiger partial charge >= 0.3 is 0 Å². The van der Waals surface area contributed by atoms with E-state index in [2.05, 4.69) is 69.3 Å². The van der Waals surface area contributed by atoms with Gasteiger partial charge in [0, 0.05) is 23.9 Å². The fraction of sp³-hybridized carbons (Fsp3) is 0.562. The molecule has 0 fully saturated rings. The largest absolute Gasteiger partial charge is 0.313 e. The molecule has 3 nitrogen and oxygen atoms in total. The number of hydrogen-bond donors (Lipinski definition) is 1. The molecule has 0 saturated carbocycles. The molecule has 0 aliphatic rings. The minimum Gasteiger partial charge on any atom is -0.313 e. The van der Waals surface area contributed by atoms with E-state index in [1.165, 1.54) is 15.0 Å². The van der Waals surface area contributed by atoms with E-state index in [-0.39, 0.29) is 0 Å². The third-order valence-corrected chi connectivity index (χ3v) is 5.53. The number of hydrogen-bond acceptors (Lipinski definition) is 3. The Kier molecular flexibility index (Phi) is 6.45. The van der Waals surface area contributed by atoms with Crippen molar-refractivity contribution >= 4 is 27.3 Å². The maximum absolute atomic E-state index is 4.60. The summed E-state index contributed by atoms with van der Waals surface area (Å²) in [6, 6.07) is 4.82. The number of nitrogens with zero attached hydrogens (tertiary/aromatic N) is 2. The molecule has 116 valence electrons. The molecular formula is C16H24BrN3S. The van der Waals surface area contributed by atoms with Crippen molar-refractivity contribution in [3.8, 4) is 0 Å². The van der Waals surface area contributed by atoms with Gasteiger partial charge < -0.3 is 5.32 Å². The number of rotatable bonds is 8. The van der Waals surface area contributed by atoms with Crippen LogP contribution in [0.5, 0.6) is 0 Å². The normalized spacial score (nSPS) is 12.8. The van der Waals surface area contributed by atoms with Crippen LogP contribution in [0.4, 0.5) is 0 Å². The first-order valence-corrected chi connectivity index (χ1v) is 9.30. The van der Waals surface area contributed by atoms with Gasteiger partial charge in [0.15, 0.2) is 0 Å². The van der Waals surface area contributed by atoms with E-state index < -0.39 is 0 Å². The fourth-order valence-electron chi connectivity index (χ4n) is 2.53. The average molecular weight is 370 g/mol. The number of aromatic nitrogens is 2. The van der Waals surface area contributed by atoms with Gasteiger partial charge in [-0.3, -0.25) is 4.68 Å². The fourth-order valence-corrected chi connectivity index (χ4v) is 3.77. The molecule has 0 aromatic carbocycles. The maximum atomic E-state index is 4.60. The second-order valence-corrected chi connectivity index (χ2v) is 7.13. The van der Waals surface area contributed by atoms with Crippen LogP contribution in [-0.4, -0.2) is 22.4 Å². The summed E-state index contributed by atoms with van der Waals surface area (Å²) in [5.74, 6) is 0. The topological polar surface area (TPSA) is 29.9 Å². The van der Waals surface area contributed by atoms with Crippen LogP contribution in [0.25, 0.3) is 0 Å². The smallest absolute Gasteiger partial charge is 0.0738 e. The Labute approximate surface area is 139 Å².